The van der Waals surface area contributed by atoms with Gasteiger partial charge in [0.25, 0.3) is 0 Å². The van der Waals surface area contributed by atoms with Gasteiger partial charge in [-0.2, -0.15) is 0 Å². The lowest BCUT2D eigenvalue weighted by atomic mass is 9.94. The summed E-state index contributed by atoms with van der Waals surface area (Å²) in [6, 6.07) is 0. The molecule has 1 atom stereocenters. The van der Waals surface area contributed by atoms with E-state index in [4.69, 9.17) is 10.2 Å². The second-order valence-electron chi connectivity index (χ2n) is 17.4. The van der Waals surface area contributed by atoms with Gasteiger partial charge in [-0.1, -0.05) is 250 Å². The molecule has 0 radical (unpaired) electrons. The van der Waals surface area contributed by atoms with Crippen molar-refractivity contribution in [3.63, 3.8) is 0 Å². The molecule has 1 unspecified atom stereocenters. The van der Waals surface area contributed by atoms with E-state index in [0.29, 0.717) is 12.8 Å². The van der Waals surface area contributed by atoms with Crippen LogP contribution in [-0.2, 0) is 14.4 Å². The summed E-state index contributed by atoms with van der Waals surface area (Å²) in [4.78, 5) is 32.8. The predicted octanol–water partition coefficient (Wildman–Crippen LogP) is 16.4. The second-order valence-corrected chi connectivity index (χ2v) is 17.4. The summed E-state index contributed by atoms with van der Waals surface area (Å²) in [7, 11) is 0. The molecule has 0 saturated carbocycles. The number of hydrogen-bond donors (Lipinski definition) is 3. The molecule has 0 spiro atoms. The van der Waals surface area contributed by atoms with E-state index in [1.807, 2.05) is 0 Å². The molecule has 0 bridgehead atoms. The molecule has 0 saturated heterocycles. The van der Waals surface area contributed by atoms with Crippen molar-refractivity contribution in [2.75, 3.05) is 0 Å². The SMILES string of the molecule is O=C(O)CCCCCCCCCCCCCCCCCCCCCCCCCCCC(CCCCCCCCCCCCCCCCCCC(=O)O)C(=O)O. The molecule has 0 fully saturated rings. The second kappa shape index (κ2) is 45.1. The lowest BCUT2D eigenvalue weighted by molar-refractivity contribution is -0.142. The molecule has 0 amide bonds. The van der Waals surface area contributed by atoms with Crippen LogP contribution in [0.15, 0.2) is 0 Å². The minimum absolute atomic E-state index is 0.135. The Morgan fingerprint density at radius 3 is 0.527 bits per heavy atom. The summed E-state index contributed by atoms with van der Waals surface area (Å²) in [6.07, 6.45) is 55.0. The van der Waals surface area contributed by atoms with Crippen molar-refractivity contribution in [3.8, 4) is 0 Å². The fourth-order valence-electron chi connectivity index (χ4n) is 8.27. The van der Waals surface area contributed by atoms with Crippen molar-refractivity contribution in [1.29, 1.82) is 0 Å². The highest BCUT2D eigenvalue weighted by molar-refractivity contribution is 5.69. The van der Waals surface area contributed by atoms with Crippen LogP contribution in [0.25, 0.3) is 0 Å². The molecule has 6 heteroatoms. The van der Waals surface area contributed by atoms with Gasteiger partial charge >= 0.3 is 17.9 Å². The van der Waals surface area contributed by atoms with Crippen LogP contribution in [0.3, 0.4) is 0 Å². The molecule has 0 rings (SSSR count). The third-order valence-electron chi connectivity index (χ3n) is 12.0. The number of carboxylic acid groups (broad SMARTS) is 3. The zero-order chi connectivity index (χ0) is 40.1. The van der Waals surface area contributed by atoms with Crippen LogP contribution in [0.4, 0.5) is 0 Å². The molecule has 0 aliphatic carbocycles. The minimum Gasteiger partial charge on any atom is -0.481 e. The van der Waals surface area contributed by atoms with Gasteiger partial charge in [-0.25, -0.2) is 0 Å². The number of carboxylic acids is 3. The van der Waals surface area contributed by atoms with E-state index in [1.165, 1.54) is 225 Å². The third-order valence-corrected chi connectivity index (χ3v) is 12.0. The van der Waals surface area contributed by atoms with Crippen LogP contribution in [0.5, 0.6) is 0 Å². The maximum atomic E-state index is 11.8. The minimum atomic E-state index is -0.670. The van der Waals surface area contributed by atoms with Gasteiger partial charge in [0, 0.05) is 12.8 Å². The van der Waals surface area contributed by atoms with E-state index < -0.39 is 17.9 Å². The first kappa shape index (κ1) is 53.4. The number of aliphatic carboxylic acids is 3. The van der Waals surface area contributed by atoms with E-state index in [-0.39, 0.29) is 5.92 Å². The lowest BCUT2D eigenvalue weighted by Crippen LogP contribution is -2.13. The van der Waals surface area contributed by atoms with Gasteiger partial charge in [0.05, 0.1) is 5.92 Å². The normalized spacial score (nSPS) is 12.0. The molecule has 0 aromatic heterocycles. The van der Waals surface area contributed by atoms with E-state index in [9.17, 15) is 19.5 Å². The molecule has 3 N–H and O–H groups in total. The topological polar surface area (TPSA) is 112 Å². The third kappa shape index (κ3) is 46.7. The Morgan fingerprint density at radius 1 is 0.236 bits per heavy atom. The molecular weight excluding hydrogens is 685 g/mol. The Hall–Kier alpha value is -1.59. The predicted molar refractivity (Wildman–Crippen MR) is 234 cm³/mol. The first-order valence-electron chi connectivity index (χ1n) is 24.6. The van der Waals surface area contributed by atoms with Crippen molar-refractivity contribution >= 4 is 17.9 Å². The average molecular weight is 779 g/mol. The summed E-state index contributed by atoms with van der Waals surface area (Å²) in [5.74, 6) is -2.04. The van der Waals surface area contributed by atoms with Crippen molar-refractivity contribution in [3.05, 3.63) is 0 Å². The Labute approximate surface area is 341 Å². The molecule has 55 heavy (non-hydrogen) atoms. The monoisotopic (exact) mass is 779 g/mol. The summed E-state index contributed by atoms with van der Waals surface area (Å²) >= 11 is 0. The molecule has 0 aliphatic heterocycles. The highest BCUT2D eigenvalue weighted by atomic mass is 16.4. The first-order valence-corrected chi connectivity index (χ1v) is 24.6. The van der Waals surface area contributed by atoms with Gasteiger partial charge < -0.3 is 15.3 Å². The van der Waals surface area contributed by atoms with Gasteiger partial charge in [0.2, 0.25) is 0 Å². The van der Waals surface area contributed by atoms with Gasteiger partial charge in [-0.3, -0.25) is 14.4 Å². The Morgan fingerprint density at radius 2 is 0.382 bits per heavy atom. The molecule has 0 aromatic carbocycles. The summed E-state index contributed by atoms with van der Waals surface area (Å²) in [6.45, 7) is 0. The maximum absolute atomic E-state index is 11.8. The van der Waals surface area contributed by atoms with E-state index in [1.54, 1.807) is 0 Å². The fraction of sp³-hybridized carbons (Fsp3) is 0.939. The highest BCUT2D eigenvalue weighted by Gasteiger charge is 2.16. The van der Waals surface area contributed by atoms with E-state index >= 15 is 0 Å². The van der Waals surface area contributed by atoms with Gasteiger partial charge in [-0.05, 0) is 25.7 Å². The van der Waals surface area contributed by atoms with Crippen molar-refractivity contribution in [2.24, 2.45) is 5.92 Å². The smallest absolute Gasteiger partial charge is 0.306 e. The molecule has 0 aromatic rings. The molecule has 326 valence electrons. The van der Waals surface area contributed by atoms with Crippen molar-refractivity contribution in [2.45, 2.75) is 289 Å². The van der Waals surface area contributed by atoms with E-state index in [0.717, 1.165) is 51.4 Å². The zero-order valence-electron chi connectivity index (χ0n) is 36.5. The van der Waals surface area contributed by atoms with Crippen LogP contribution in [0, 0.1) is 5.92 Å². The Balaban J connectivity index is 3.32. The van der Waals surface area contributed by atoms with Gasteiger partial charge in [0.15, 0.2) is 0 Å². The number of unbranched alkanes of at least 4 members (excludes halogenated alkanes) is 39. The van der Waals surface area contributed by atoms with Crippen LogP contribution < -0.4 is 0 Å². The quantitative estimate of drug-likeness (QED) is 0.0530. The maximum Gasteiger partial charge on any atom is 0.306 e. The highest BCUT2D eigenvalue weighted by Crippen LogP contribution is 2.21. The van der Waals surface area contributed by atoms with Crippen LogP contribution in [0.1, 0.15) is 289 Å². The van der Waals surface area contributed by atoms with Gasteiger partial charge in [0.1, 0.15) is 0 Å². The number of carbonyl (C=O) groups is 3. The van der Waals surface area contributed by atoms with Crippen molar-refractivity contribution < 1.29 is 29.7 Å². The van der Waals surface area contributed by atoms with Crippen LogP contribution >= 0.6 is 0 Å². The van der Waals surface area contributed by atoms with Crippen LogP contribution in [0.2, 0.25) is 0 Å². The summed E-state index contributed by atoms with van der Waals surface area (Å²) in [5.41, 5.74) is 0. The largest absolute Gasteiger partial charge is 0.481 e. The Bertz CT molecular complexity index is 813. The first-order chi connectivity index (χ1) is 26.9. The molecule has 0 aliphatic rings. The van der Waals surface area contributed by atoms with Crippen molar-refractivity contribution in [1.82, 2.24) is 0 Å². The molecule has 6 nitrogen and oxygen atoms in total. The standard InChI is InChI=1S/C49H94O6/c50-47(51)44-40-36-32-28-24-20-16-11-9-7-5-3-1-2-4-6-8-10-14-18-22-26-30-34-38-42-46(49(54)55)43-39-35-31-27-23-19-15-12-13-17-21-25-29-33-37-41-45-48(52)53/h46H,1-45H2,(H,50,51)(H,52,53)(H,54,55). The zero-order valence-corrected chi connectivity index (χ0v) is 36.5. The van der Waals surface area contributed by atoms with Gasteiger partial charge in [-0.15, -0.1) is 0 Å². The number of hydrogen-bond acceptors (Lipinski definition) is 3. The van der Waals surface area contributed by atoms with E-state index in [2.05, 4.69) is 0 Å². The average Bonchev–Trinajstić information content (AvgIpc) is 3.15. The lowest BCUT2D eigenvalue weighted by Gasteiger charge is -2.12. The molecular formula is C49H94O6. The molecule has 0 heterocycles. The number of rotatable bonds is 48. The van der Waals surface area contributed by atoms with Crippen LogP contribution in [-0.4, -0.2) is 33.2 Å². The Kier molecular flexibility index (Phi) is 43.8. The summed E-state index contributed by atoms with van der Waals surface area (Å²) in [5, 5.41) is 27.0. The fourth-order valence-corrected chi connectivity index (χ4v) is 8.27. The summed E-state index contributed by atoms with van der Waals surface area (Å²) < 4.78 is 0.